The van der Waals surface area contributed by atoms with Crippen molar-refractivity contribution in [1.29, 1.82) is 0 Å². The van der Waals surface area contributed by atoms with Gasteiger partial charge in [-0.3, -0.25) is 0 Å². The molecular weight excluding hydrogens is 398 g/mol. The number of aromatic hydroxyl groups is 1. The number of fused-ring (bicyclic) bond motifs is 1. The summed E-state index contributed by atoms with van der Waals surface area (Å²) < 4.78 is 29.8. The zero-order chi connectivity index (χ0) is 21.7. The lowest BCUT2D eigenvalue weighted by Crippen LogP contribution is -2.24. The molecule has 0 saturated carbocycles. The van der Waals surface area contributed by atoms with Gasteiger partial charge in [0.1, 0.15) is 11.6 Å². The number of rotatable bonds is 9. The molecule has 0 radical (unpaired) electrons. The summed E-state index contributed by atoms with van der Waals surface area (Å²) in [5, 5.41) is 9.32. The van der Waals surface area contributed by atoms with Crippen LogP contribution >= 0.6 is 0 Å². The zero-order valence-electron chi connectivity index (χ0n) is 18.5. The molecule has 0 saturated heterocycles. The molecule has 1 aromatic heterocycles. The van der Waals surface area contributed by atoms with Gasteiger partial charge in [0.25, 0.3) is 0 Å². The zero-order valence-corrected chi connectivity index (χ0v) is 19.5. The van der Waals surface area contributed by atoms with Gasteiger partial charge < -0.3 is 5.11 Å². The molecule has 0 amide bonds. The predicted molar refractivity (Wildman–Crippen MR) is 120 cm³/mol. The molecule has 0 aliphatic heterocycles. The number of hydrogen-bond donors (Lipinski definition) is 1. The summed E-state index contributed by atoms with van der Waals surface area (Å²) >= 11 is 0. The Hall–Kier alpha value is -1.82. The number of nitrogens with zero attached hydrogens (tertiary/aromatic N) is 2. The van der Waals surface area contributed by atoms with Gasteiger partial charge in [-0.05, 0) is 42.4 Å². The first-order chi connectivity index (χ1) is 14.3. The molecule has 0 spiro atoms. The molecular formula is C24H34F2N2OSi. The van der Waals surface area contributed by atoms with Crippen LogP contribution in [0.4, 0.5) is 8.78 Å². The van der Waals surface area contributed by atoms with Crippen molar-refractivity contribution in [3.63, 3.8) is 0 Å². The average molecular weight is 433 g/mol. The summed E-state index contributed by atoms with van der Waals surface area (Å²) in [4.78, 5) is 7.77. The Morgan fingerprint density at radius 1 is 1.10 bits per heavy atom. The van der Waals surface area contributed by atoms with Gasteiger partial charge in [0.05, 0.1) is 18.0 Å². The summed E-state index contributed by atoms with van der Waals surface area (Å²) in [7, 11) is -1.05. The quantitative estimate of drug-likeness (QED) is 0.346. The van der Waals surface area contributed by atoms with Crippen molar-refractivity contribution in [1.82, 2.24) is 9.97 Å². The van der Waals surface area contributed by atoms with E-state index in [2.05, 4.69) is 30.0 Å². The maximum atomic E-state index is 15.1. The lowest BCUT2D eigenvalue weighted by molar-refractivity contribution is 0.403. The molecule has 2 aromatic rings. The minimum atomic E-state index is -1.05. The van der Waals surface area contributed by atoms with Crippen LogP contribution in [0.2, 0.25) is 25.2 Å². The molecule has 164 valence electrons. The maximum Gasteiger partial charge on any atom is 0.165 e. The van der Waals surface area contributed by atoms with Gasteiger partial charge in [0.2, 0.25) is 0 Å². The number of benzene rings is 1. The summed E-state index contributed by atoms with van der Waals surface area (Å²) in [6, 6.07) is 4.28. The van der Waals surface area contributed by atoms with Gasteiger partial charge in [-0.25, -0.2) is 18.7 Å². The van der Waals surface area contributed by atoms with E-state index in [1.807, 2.05) is 0 Å². The van der Waals surface area contributed by atoms with E-state index in [4.69, 9.17) is 0 Å². The third kappa shape index (κ3) is 5.65. The number of hydrogen-bond acceptors (Lipinski definition) is 3. The number of unbranched alkanes of at least 4 members (excludes halogenated alkanes) is 2. The molecule has 1 heterocycles. The van der Waals surface area contributed by atoms with E-state index >= 15 is 4.39 Å². The van der Waals surface area contributed by atoms with Gasteiger partial charge in [0, 0.05) is 8.07 Å². The SMILES string of the molecule is CCCC[Si](C)(C)CCCCC1CCc2c(cc(F)c(-c3ncc(O)cn3)c2F)C1. The highest BCUT2D eigenvalue weighted by molar-refractivity contribution is 6.77. The van der Waals surface area contributed by atoms with Crippen molar-refractivity contribution >= 4 is 8.07 Å². The molecule has 1 N–H and O–H groups in total. The van der Waals surface area contributed by atoms with Crippen molar-refractivity contribution in [3.8, 4) is 17.1 Å². The predicted octanol–water partition coefficient (Wildman–Crippen LogP) is 6.91. The molecule has 1 atom stereocenters. The van der Waals surface area contributed by atoms with Crippen LogP contribution in [0.15, 0.2) is 18.5 Å². The normalized spacial score (nSPS) is 16.5. The first kappa shape index (κ1) is 22.9. The van der Waals surface area contributed by atoms with Crippen LogP contribution in [-0.4, -0.2) is 23.1 Å². The summed E-state index contributed by atoms with van der Waals surface area (Å²) in [6.45, 7) is 7.26. The van der Waals surface area contributed by atoms with Crippen LogP contribution in [0.5, 0.6) is 5.75 Å². The molecule has 3 rings (SSSR count). The monoisotopic (exact) mass is 432 g/mol. The third-order valence-corrected chi connectivity index (χ3v) is 9.92. The molecule has 1 aliphatic carbocycles. The van der Waals surface area contributed by atoms with Crippen molar-refractivity contribution in [2.45, 2.75) is 83.5 Å². The van der Waals surface area contributed by atoms with Gasteiger partial charge >= 0.3 is 0 Å². The van der Waals surface area contributed by atoms with E-state index in [1.165, 1.54) is 43.8 Å². The number of halogens is 2. The first-order valence-electron chi connectivity index (χ1n) is 11.3. The Balaban J connectivity index is 1.61. The van der Waals surface area contributed by atoms with Gasteiger partial charge in [0.15, 0.2) is 11.6 Å². The Morgan fingerprint density at radius 3 is 2.50 bits per heavy atom. The molecule has 30 heavy (non-hydrogen) atoms. The van der Waals surface area contributed by atoms with Crippen LogP contribution in [0.1, 0.15) is 56.6 Å². The summed E-state index contributed by atoms with van der Waals surface area (Å²) in [6.07, 6.45) is 10.9. The van der Waals surface area contributed by atoms with Crippen molar-refractivity contribution < 1.29 is 13.9 Å². The Bertz CT molecular complexity index is 855. The van der Waals surface area contributed by atoms with E-state index in [-0.39, 0.29) is 17.1 Å². The second kappa shape index (κ2) is 9.99. The Kier molecular flexibility index (Phi) is 7.61. The Morgan fingerprint density at radius 2 is 1.80 bits per heavy atom. The van der Waals surface area contributed by atoms with Crippen molar-refractivity contribution in [2.75, 3.05) is 0 Å². The van der Waals surface area contributed by atoms with Crippen molar-refractivity contribution in [2.24, 2.45) is 5.92 Å². The van der Waals surface area contributed by atoms with Crippen LogP contribution in [-0.2, 0) is 12.8 Å². The highest BCUT2D eigenvalue weighted by atomic mass is 28.3. The fourth-order valence-corrected chi connectivity index (χ4v) is 7.41. The standard InChI is InChI=1S/C24H34F2N2OSi/c1-4-5-11-30(2,3)12-7-6-8-17-9-10-20-18(13-17)14-21(25)22(23(20)26)24-27-15-19(29)16-28-24/h14-17,29H,4-13H2,1-3H3. The molecule has 1 aliphatic rings. The molecule has 6 heteroatoms. The van der Waals surface area contributed by atoms with E-state index in [1.54, 1.807) is 0 Å². The minimum Gasteiger partial charge on any atom is -0.505 e. The summed E-state index contributed by atoms with van der Waals surface area (Å²) in [5.74, 6) is -0.814. The van der Waals surface area contributed by atoms with E-state index in [0.717, 1.165) is 37.2 Å². The highest BCUT2D eigenvalue weighted by Crippen LogP contribution is 2.36. The van der Waals surface area contributed by atoms with Crippen LogP contribution in [0, 0.1) is 17.6 Å². The fourth-order valence-electron chi connectivity index (χ4n) is 4.64. The lowest BCUT2D eigenvalue weighted by atomic mass is 9.80. The fraction of sp³-hybridized carbons (Fsp3) is 0.583. The Labute approximate surface area is 180 Å². The lowest BCUT2D eigenvalue weighted by Gasteiger charge is -2.27. The van der Waals surface area contributed by atoms with E-state index in [0.29, 0.717) is 17.9 Å². The molecule has 0 bridgehead atoms. The molecule has 1 unspecified atom stereocenters. The van der Waals surface area contributed by atoms with E-state index in [9.17, 15) is 9.50 Å². The van der Waals surface area contributed by atoms with Crippen LogP contribution in [0.3, 0.4) is 0 Å². The smallest absolute Gasteiger partial charge is 0.165 e. The largest absolute Gasteiger partial charge is 0.505 e. The van der Waals surface area contributed by atoms with Gasteiger partial charge in [-0.1, -0.05) is 64.2 Å². The summed E-state index contributed by atoms with van der Waals surface area (Å²) in [5.41, 5.74) is 1.21. The topological polar surface area (TPSA) is 46.0 Å². The second-order valence-corrected chi connectivity index (χ2v) is 14.9. The highest BCUT2D eigenvalue weighted by Gasteiger charge is 2.27. The molecule has 0 fully saturated rings. The first-order valence-corrected chi connectivity index (χ1v) is 14.7. The molecule has 3 nitrogen and oxygen atoms in total. The van der Waals surface area contributed by atoms with Crippen molar-refractivity contribution in [3.05, 3.63) is 41.2 Å². The van der Waals surface area contributed by atoms with Crippen LogP contribution < -0.4 is 0 Å². The third-order valence-electron chi connectivity index (χ3n) is 6.51. The second-order valence-electron chi connectivity index (χ2n) is 9.57. The minimum absolute atomic E-state index is 0.0254. The molecule has 1 aromatic carbocycles. The average Bonchev–Trinajstić information content (AvgIpc) is 2.71. The van der Waals surface area contributed by atoms with Gasteiger partial charge in [-0.15, -0.1) is 0 Å². The number of aromatic nitrogens is 2. The van der Waals surface area contributed by atoms with Gasteiger partial charge in [-0.2, -0.15) is 0 Å². The van der Waals surface area contributed by atoms with E-state index < -0.39 is 19.7 Å². The maximum absolute atomic E-state index is 15.1. The van der Waals surface area contributed by atoms with Crippen LogP contribution in [0.25, 0.3) is 11.4 Å².